The van der Waals surface area contributed by atoms with Crippen LogP contribution in [0.3, 0.4) is 0 Å². The van der Waals surface area contributed by atoms with Gasteiger partial charge in [0.1, 0.15) is 9.88 Å². The molecule has 0 radical (unpaired) electrons. The molecule has 1 amide bonds. The van der Waals surface area contributed by atoms with E-state index in [1.807, 2.05) is 39.0 Å². The normalized spacial score (nSPS) is 10.5. The zero-order chi connectivity index (χ0) is 16.3. The van der Waals surface area contributed by atoms with E-state index in [0.717, 1.165) is 28.2 Å². The molecule has 5 nitrogen and oxygen atoms in total. The summed E-state index contributed by atoms with van der Waals surface area (Å²) in [4.78, 5) is 27.7. The van der Waals surface area contributed by atoms with Gasteiger partial charge in [0, 0.05) is 5.69 Å². The van der Waals surface area contributed by atoms with Gasteiger partial charge in [-0.25, -0.2) is 9.78 Å². The quantitative estimate of drug-likeness (QED) is 0.887. The summed E-state index contributed by atoms with van der Waals surface area (Å²) in [6.07, 6.45) is 0.620. The highest BCUT2D eigenvalue weighted by atomic mass is 32.1. The lowest BCUT2D eigenvalue weighted by Gasteiger charge is -2.08. The summed E-state index contributed by atoms with van der Waals surface area (Å²) >= 11 is 1.07. The standard InChI is InChI=1S/C16H18N2O3S/c1-4-11-15(16(20)21)22-14(18-11)8-13(19)17-12-7-9(2)5-6-10(12)3/h5-7H,4,8H2,1-3H3,(H,17,19)(H,20,21). The monoisotopic (exact) mass is 318 g/mol. The molecule has 22 heavy (non-hydrogen) atoms. The Hall–Kier alpha value is -2.21. The predicted octanol–water partition coefficient (Wildman–Crippen LogP) is 3.20. The fourth-order valence-corrected chi connectivity index (χ4v) is 3.08. The van der Waals surface area contributed by atoms with Crippen LogP contribution in [0.25, 0.3) is 0 Å². The van der Waals surface area contributed by atoms with Gasteiger partial charge in [-0.2, -0.15) is 0 Å². The van der Waals surface area contributed by atoms with Gasteiger partial charge in [0.25, 0.3) is 0 Å². The lowest BCUT2D eigenvalue weighted by Crippen LogP contribution is -2.15. The lowest BCUT2D eigenvalue weighted by molar-refractivity contribution is -0.115. The van der Waals surface area contributed by atoms with Gasteiger partial charge in [-0.05, 0) is 37.5 Å². The van der Waals surface area contributed by atoms with Crippen LogP contribution in [0.1, 0.15) is 38.4 Å². The molecular weight excluding hydrogens is 300 g/mol. The number of hydrogen-bond acceptors (Lipinski definition) is 4. The van der Waals surface area contributed by atoms with Gasteiger partial charge in [-0.3, -0.25) is 4.79 Å². The first-order valence-corrected chi connectivity index (χ1v) is 7.81. The third kappa shape index (κ3) is 3.71. The predicted molar refractivity (Wildman–Crippen MR) is 86.7 cm³/mol. The Labute approximate surface area is 133 Å². The zero-order valence-electron chi connectivity index (χ0n) is 12.8. The minimum absolute atomic E-state index is 0.0817. The fourth-order valence-electron chi connectivity index (χ4n) is 2.09. The summed E-state index contributed by atoms with van der Waals surface area (Å²) < 4.78 is 0. The van der Waals surface area contributed by atoms with Gasteiger partial charge in [-0.15, -0.1) is 11.3 Å². The number of carbonyl (C=O) groups excluding carboxylic acids is 1. The molecular formula is C16H18N2O3S. The Bertz CT molecular complexity index is 722. The summed E-state index contributed by atoms with van der Waals surface area (Å²) in [6.45, 7) is 5.74. The Morgan fingerprint density at radius 1 is 1.32 bits per heavy atom. The number of rotatable bonds is 5. The number of nitrogens with one attached hydrogen (secondary N) is 1. The molecule has 0 saturated carbocycles. The van der Waals surface area contributed by atoms with Crippen LogP contribution >= 0.6 is 11.3 Å². The first-order valence-electron chi connectivity index (χ1n) is 6.99. The van der Waals surface area contributed by atoms with Crippen molar-refractivity contribution < 1.29 is 14.7 Å². The SMILES string of the molecule is CCc1nc(CC(=O)Nc2cc(C)ccc2C)sc1C(=O)O. The van der Waals surface area contributed by atoms with Crippen LogP contribution in [0.4, 0.5) is 5.69 Å². The second kappa shape index (κ2) is 6.70. The van der Waals surface area contributed by atoms with Crippen molar-refractivity contribution in [2.75, 3.05) is 5.32 Å². The van der Waals surface area contributed by atoms with Crippen molar-refractivity contribution in [2.45, 2.75) is 33.6 Å². The average Bonchev–Trinajstić information content (AvgIpc) is 2.86. The van der Waals surface area contributed by atoms with Crippen molar-refractivity contribution >= 4 is 28.9 Å². The van der Waals surface area contributed by atoms with E-state index < -0.39 is 5.97 Å². The highest BCUT2D eigenvalue weighted by Crippen LogP contribution is 2.21. The van der Waals surface area contributed by atoms with Crippen molar-refractivity contribution in [3.63, 3.8) is 0 Å². The number of thiazole rings is 1. The first-order chi connectivity index (χ1) is 10.4. The van der Waals surface area contributed by atoms with Gasteiger partial charge >= 0.3 is 5.97 Å². The molecule has 0 saturated heterocycles. The number of anilines is 1. The van der Waals surface area contributed by atoms with Crippen LogP contribution in [0, 0.1) is 13.8 Å². The summed E-state index contributed by atoms with van der Waals surface area (Å²) in [6, 6.07) is 5.85. The van der Waals surface area contributed by atoms with Crippen molar-refractivity contribution in [2.24, 2.45) is 0 Å². The van der Waals surface area contributed by atoms with Crippen molar-refractivity contribution in [3.8, 4) is 0 Å². The first kappa shape index (κ1) is 16.2. The highest BCUT2D eigenvalue weighted by Gasteiger charge is 2.17. The number of benzene rings is 1. The van der Waals surface area contributed by atoms with E-state index in [1.165, 1.54) is 0 Å². The average molecular weight is 318 g/mol. The minimum Gasteiger partial charge on any atom is -0.477 e. The maximum atomic E-state index is 12.1. The Morgan fingerprint density at radius 3 is 2.64 bits per heavy atom. The molecule has 2 N–H and O–H groups in total. The molecule has 6 heteroatoms. The van der Waals surface area contributed by atoms with E-state index in [2.05, 4.69) is 10.3 Å². The van der Waals surface area contributed by atoms with Crippen LogP contribution < -0.4 is 5.32 Å². The van der Waals surface area contributed by atoms with E-state index in [1.54, 1.807) is 0 Å². The number of aryl methyl sites for hydroxylation is 3. The van der Waals surface area contributed by atoms with Gasteiger partial charge in [-0.1, -0.05) is 19.1 Å². The van der Waals surface area contributed by atoms with Crippen molar-refractivity contribution in [3.05, 3.63) is 44.9 Å². The van der Waals surface area contributed by atoms with E-state index >= 15 is 0 Å². The van der Waals surface area contributed by atoms with Crippen LogP contribution in [0.2, 0.25) is 0 Å². The molecule has 0 aliphatic rings. The molecule has 0 bridgehead atoms. The largest absolute Gasteiger partial charge is 0.477 e. The number of amides is 1. The summed E-state index contributed by atoms with van der Waals surface area (Å²) in [7, 11) is 0. The molecule has 0 fully saturated rings. The maximum absolute atomic E-state index is 12.1. The van der Waals surface area contributed by atoms with Gasteiger partial charge in [0.2, 0.25) is 5.91 Å². The van der Waals surface area contributed by atoms with Gasteiger partial charge < -0.3 is 10.4 Å². The Morgan fingerprint density at radius 2 is 2.05 bits per heavy atom. The summed E-state index contributed by atoms with van der Waals surface area (Å²) in [5, 5.41) is 12.5. The number of aromatic nitrogens is 1. The zero-order valence-corrected chi connectivity index (χ0v) is 13.6. The molecule has 0 atom stereocenters. The third-order valence-electron chi connectivity index (χ3n) is 3.25. The van der Waals surface area contributed by atoms with Crippen LogP contribution in [-0.2, 0) is 17.6 Å². The van der Waals surface area contributed by atoms with Gasteiger partial charge in [0.05, 0.1) is 12.1 Å². The van der Waals surface area contributed by atoms with E-state index in [-0.39, 0.29) is 17.2 Å². The van der Waals surface area contributed by atoms with Crippen molar-refractivity contribution in [1.82, 2.24) is 4.98 Å². The number of carboxylic acid groups (broad SMARTS) is 1. The molecule has 0 spiro atoms. The van der Waals surface area contributed by atoms with Crippen molar-refractivity contribution in [1.29, 1.82) is 0 Å². The van der Waals surface area contributed by atoms with Crippen LogP contribution in [0.5, 0.6) is 0 Å². The summed E-state index contributed by atoms with van der Waals surface area (Å²) in [5.41, 5.74) is 3.36. The number of carbonyl (C=O) groups is 2. The molecule has 2 rings (SSSR count). The summed E-state index contributed by atoms with van der Waals surface area (Å²) in [5.74, 6) is -1.18. The van der Waals surface area contributed by atoms with Crippen LogP contribution in [-0.4, -0.2) is 22.0 Å². The molecule has 0 unspecified atom stereocenters. The Balaban J connectivity index is 2.12. The van der Waals surface area contributed by atoms with E-state index in [0.29, 0.717) is 17.1 Å². The second-order valence-electron chi connectivity index (χ2n) is 5.09. The number of hydrogen-bond donors (Lipinski definition) is 2. The molecule has 2 aromatic rings. The topological polar surface area (TPSA) is 79.3 Å². The number of nitrogens with zero attached hydrogens (tertiary/aromatic N) is 1. The maximum Gasteiger partial charge on any atom is 0.347 e. The number of carboxylic acids is 1. The molecule has 0 aliphatic carbocycles. The number of aromatic carboxylic acids is 1. The minimum atomic E-state index is -0.990. The molecule has 1 heterocycles. The van der Waals surface area contributed by atoms with Gasteiger partial charge in [0.15, 0.2) is 0 Å². The second-order valence-corrected chi connectivity index (χ2v) is 6.17. The van der Waals surface area contributed by atoms with Crippen LogP contribution in [0.15, 0.2) is 18.2 Å². The van der Waals surface area contributed by atoms with E-state index in [4.69, 9.17) is 5.11 Å². The molecule has 1 aromatic carbocycles. The smallest absolute Gasteiger partial charge is 0.347 e. The molecule has 1 aromatic heterocycles. The lowest BCUT2D eigenvalue weighted by atomic mass is 10.1. The molecule has 0 aliphatic heterocycles. The Kier molecular flexibility index (Phi) is 4.92. The molecule has 116 valence electrons. The highest BCUT2D eigenvalue weighted by molar-refractivity contribution is 7.13. The fraction of sp³-hybridized carbons (Fsp3) is 0.312. The van der Waals surface area contributed by atoms with E-state index in [9.17, 15) is 9.59 Å². The third-order valence-corrected chi connectivity index (χ3v) is 4.34.